The maximum absolute atomic E-state index is 13.8. The van der Waals surface area contributed by atoms with E-state index in [0.717, 1.165) is 24.0 Å². The zero-order chi connectivity index (χ0) is 28.8. The van der Waals surface area contributed by atoms with Crippen LogP contribution in [0.1, 0.15) is 103 Å². The molecule has 0 aromatic heterocycles. The number of unbranched alkanes of at least 4 members (excludes halogenated alkanes) is 4. The quantitative estimate of drug-likeness (QED) is 0.226. The third-order valence-electron chi connectivity index (χ3n) is 7.80. The number of nitrogens with zero attached hydrogens (tertiary/aromatic N) is 3. The highest BCUT2D eigenvalue weighted by atomic mass is 32.2. The van der Waals surface area contributed by atoms with Gasteiger partial charge in [0.25, 0.3) is 0 Å². The fraction of sp³-hybridized carbons (Fsp3) is 0.742. The summed E-state index contributed by atoms with van der Waals surface area (Å²) in [7, 11) is -3.51. The van der Waals surface area contributed by atoms with E-state index in [1.165, 1.54) is 23.6 Å². The first kappa shape index (κ1) is 33.3. The second kappa shape index (κ2) is 17.0. The highest BCUT2D eigenvalue weighted by Gasteiger charge is 2.32. The number of rotatable bonds is 17. The number of amides is 2. The molecule has 0 N–H and O–H groups in total. The maximum atomic E-state index is 13.8. The van der Waals surface area contributed by atoms with Gasteiger partial charge in [0.15, 0.2) is 0 Å². The number of carbonyl (C=O) groups is 2. The summed E-state index contributed by atoms with van der Waals surface area (Å²) in [6.45, 7) is 12.2. The Bertz CT molecular complexity index is 987. The minimum absolute atomic E-state index is 0.0217. The molecule has 1 fully saturated rings. The van der Waals surface area contributed by atoms with Crippen LogP contribution in [-0.2, 0) is 26.2 Å². The Balaban J connectivity index is 2.14. The van der Waals surface area contributed by atoms with Crippen molar-refractivity contribution in [3.8, 4) is 0 Å². The van der Waals surface area contributed by atoms with E-state index < -0.39 is 10.0 Å². The van der Waals surface area contributed by atoms with Crippen LogP contribution >= 0.6 is 0 Å². The van der Waals surface area contributed by atoms with E-state index >= 15 is 0 Å². The van der Waals surface area contributed by atoms with Gasteiger partial charge in [-0.05, 0) is 56.1 Å². The zero-order valence-electron chi connectivity index (χ0n) is 25.2. The van der Waals surface area contributed by atoms with Crippen LogP contribution in [0.4, 0.5) is 0 Å². The molecule has 7 nitrogen and oxygen atoms in total. The molecule has 0 unspecified atom stereocenters. The summed E-state index contributed by atoms with van der Waals surface area (Å²) < 4.78 is 27.5. The predicted molar refractivity (Wildman–Crippen MR) is 160 cm³/mol. The van der Waals surface area contributed by atoms with Gasteiger partial charge in [-0.1, -0.05) is 77.6 Å². The van der Waals surface area contributed by atoms with Crippen LogP contribution in [0.2, 0.25) is 0 Å². The van der Waals surface area contributed by atoms with Gasteiger partial charge < -0.3 is 9.80 Å². The maximum Gasteiger partial charge on any atom is 0.238 e. The van der Waals surface area contributed by atoms with Crippen LogP contribution < -0.4 is 0 Å². The fourth-order valence-corrected chi connectivity index (χ4v) is 6.67. The van der Waals surface area contributed by atoms with Gasteiger partial charge in [-0.2, -0.15) is 4.31 Å². The van der Waals surface area contributed by atoms with E-state index in [-0.39, 0.29) is 30.2 Å². The summed E-state index contributed by atoms with van der Waals surface area (Å²) in [5.41, 5.74) is 2.18. The van der Waals surface area contributed by atoms with Crippen molar-refractivity contribution in [2.75, 3.05) is 31.9 Å². The second-order valence-corrected chi connectivity index (χ2v) is 13.6. The number of hydrogen-bond acceptors (Lipinski definition) is 4. The highest BCUT2D eigenvalue weighted by molar-refractivity contribution is 7.89. The van der Waals surface area contributed by atoms with Crippen LogP contribution in [-0.4, -0.2) is 72.3 Å². The fourth-order valence-electron chi connectivity index (χ4n) is 5.20. The Labute approximate surface area is 238 Å². The van der Waals surface area contributed by atoms with Gasteiger partial charge in [-0.25, -0.2) is 8.42 Å². The third-order valence-corrected chi connectivity index (χ3v) is 9.82. The summed E-state index contributed by atoms with van der Waals surface area (Å²) in [4.78, 5) is 30.5. The first-order valence-electron chi connectivity index (χ1n) is 15.2. The molecule has 0 saturated carbocycles. The van der Waals surface area contributed by atoms with Gasteiger partial charge in [0.2, 0.25) is 21.8 Å². The standard InChI is InChI=1S/C31H53N3O4S/c1-6-8-9-10-11-16-30(35)32-20-18-29(19-21-32)34(24-28-15-13-12-14-27(28)5)31(36)25-33(22-17-26(3)4)39(37,38)23-7-2/h12-15,26,29H,6-11,16-25H2,1-5H3. The van der Waals surface area contributed by atoms with Gasteiger partial charge >= 0.3 is 0 Å². The number of hydrogen-bond donors (Lipinski definition) is 0. The lowest BCUT2D eigenvalue weighted by Gasteiger charge is -2.39. The Hall–Kier alpha value is -1.93. The van der Waals surface area contributed by atoms with Crippen molar-refractivity contribution in [2.24, 2.45) is 5.92 Å². The van der Waals surface area contributed by atoms with Crippen LogP contribution in [0.3, 0.4) is 0 Å². The van der Waals surface area contributed by atoms with Crippen molar-refractivity contribution in [1.29, 1.82) is 0 Å². The highest BCUT2D eigenvalue weighted by Crippen LogP contribution is 2.23. The van der Waals surface area contributed by atoms with E-state index in [1.54, 1.807) is 0 Å². The van der Waals surface area contributed by atoms with Gasteiger partial charge in [0.05, 0.1) is 12.3 Å². The first-order valence-corrected chi connectivity index (χ1v) is 16.8. The summed E-state index contributed by atoms with van der Waals surface area (Å²) in [5, 5.41) is 0. The molecule has 1 heterocycles. The SMILES string of the molecule is CCCCCCCC(=O)N1CCC(N(Cc2ccccc2C)C(=O)CN(CCC(C)C)S(=O)(=O)CCC)CC1. The second-order valence-electron chi connectivity index (χ2n) is 11.6. The molecule has 0 atom stereocenters. The first-order chi connectivity index (χ1) is 18.6. The largest absolute Gasteiger partial charge is 0.343 e. The summed E-state index contributed by atoms with van der Waals surface area (Å²) in [6, 6.07) is 8.03. The number of likely N-dealkylation sites (tertiary alicyclic amines) is 1. The lowest BCUT2D eigenvalue weighted by molar-refractivity contribution is -0.137. The molecule has 0 spiro atoms. The molecule has 1 aliphatic rings. The monoisotopic (exact) mass is 563 g/mol. The molecule has 0 aliphatic carbocycles. The van der Waals surface area contributed by atoms with E-state index in [9.17, 15) is 18.0 Å². The molecule has 8 heteroatoms. The lowest BCUT2D eigenvalue weighted by atomic mass is 10.00. The average Bonchev–Trinajstić information content (AvgIpc) is 2.90. The molecule has 0 bridgehead atoms. The molecule has 0 radical (unpaired) electrons. The number of piperidine rings is 1. The molecule has 1 saturated heterocycles. The Morgan fingerprint density at radius 3 is 2.28 bits per heavy atom. The normalized spacial score (nSPS) is 14.8. The predicted octanol–water partition coefficient (Wildman–Crippen LogP) is 5.76. The molecule has 2 amide bonds. The van der Waals surface area contributed by atoms with Crippen molar-refractivity contribution in [2.45, 2.75) is 111 Å². The van der Waals surface area contributed by atoms with Gasteiger partial charge in [0.1, 0.15) is 0 Å². The van der Waals surface area contributed by atoms with Gasteiger partial charge in [-0.3, -0.25) is 9.59 Å². The van der Waals surface area contributed by atoms with Gasteiger partial charge in [0, 0.05) is 38.6 Å². The Kier molecular flexibility index (Phi) is 14.5. The summed E-state index contributed by atoms with van der Waals surface area (Å²) >= 11 is 0. The summed E-state index contributed by atoms with van der Waals surface area (Å²) in [5.74, 6) is 0.459. The molecular weight excluding hydrogens is 510 g/mol. The van der Waals surface area contributed by atoms with E-state index in [4.69, 9.17) is 0 Å². The molecule has 222 valence electrons. The van der Waals surface area contributed by atoms with Crippen molar-refractivity contribution in [3.05, 3.63) is 35.4 Å². The van der Waals surface area contributed by atoms with Crippen LogP contribution in [0, 0.1) is 12.8 Å². The number of benzene rings is 1. The lowest BCUT2D eigenvalue weighted by Crippen LogP contribution is -2.51. The van der Waals surface area contributed by atoms with Gasteiger partial charge in [-0.15, -0.1) is 0 Å². The summed E-state index contributed by atoms with van der Waals surface area (Å²) in [6.07, 6.45) is 8.90. The zero-order valence-corrected chi connectivity index (χ0v) is 26.0. The van der Waals surface area contributed by atoms with Crippen molar-refractivity contribution in [3.63, 3.8) is 0 Å². The Morgan fingerprint density at radius 2 is 1.67 bits per heavy atom. The topological polar surface area (TPSA) is 78.0 Å². The molecule has 39 heavy (non-hydrogen) atoms. The molecule has 1 aromatic rings. The van der Waals surface area contributed by atoms with Crippen molar-refractivity contribution < 1.29 is 18.0 Å². The van der Waals surface area contributed by atoms with Crippen molar-refractivity contribution in [1.82, 2.24) is 14.1 Å². The molecule has 1 aliphatic heterocycles. The number of sulfonamides is 1. The Morgan fingerprint density at radius 1 is 1.00 bits per heavy atom. The third kappa shape index (κ3) is 11.2. The molecule has 1 aromatic carbocycles. The van der Waals surface area contributed by atoms with Crippen LogP contribution in [0.5, 0.6) is 0 Å². The average molecular weight is 564 g/mol. The molecule has 2 rings (SSSR count). The van der Waals surface area contributed by atoms with Crippen molar-refractivity contribution >= 4 is 21.8 Å². The minimum Gasteiger partial charge on any atom is -0.343 e. The van der Waals surface area contributed by atoms with Crippen LogP contribution in [0.15, 0.2) is 24.3 Å². The minimum atomic E-state index is -3.51. The number of carbonyl (C=O) groups excluding carboxylic acids is 2. The smallest absolute Gasteiger partial charge is 0.238 e. The van der Waals surface area contributed by atoms with Crippen LogP contribution in [0.25, 0.3) is 0 Å². The number of aryl methyl sites for hydroxylation is 1. The molecular formula is C31H53N3O4S. The van der Waals surface area contributed by atoms with E-state index in [2.05, 4.69) is 20.8 Å². The van der Waals surface area contributed by atoms with E-state index in [1.807, 2.05) is 47.9 Å². The van der Waals surface area contributed by atoms with E-state index in [0.29, 0.717) is 64.2 Å².